The van der Waals surface area contributed by atoms with E-state index in [9.17, 15) is 0 Å². The van der Waals surface area contributed by atoms with Gasteiger partial charge in [0, 0.05) is 26.2 Å². The normalized spacial score (nSPS) is 15.2. The summed E-state index contributed by atoms with van der Waals surface area (Å²) in [5, 5.41) is 6.89. The molecule has 0 unspecified atom stereocenters. The second-order valence-electron chi connectivity index (χ2n) is 6.35. The summed E-state index contributed by atoms with van der Waals surface area (Å²) in [6.45, 7) is 2.37. The van der Waals surface area contributed by atoms with Gasteiger partial charge in [0.2, 0.25) is 0 Å². The van der Waals surface area contributed by atoms with Crippen molar-refractivity contribution < 1.29 is 4.74 Å². The molecule has 0 saturated heterocycles. The molecule has 1 aliphatic carbocycles. The molecular weight excluding hydrogens is 415 g/mol. The molecule has 2 rings (SSSR count). The van der Waals surface area contributed by atoms with Gasteiger partial charge in [0.1, 0.15) is 12.4 Å². The summed E-state index contributed by atoms with van der Waals surface area (Å²) in [7, 11) is 5.92. The highest BCUT2D eigenvalue weighted by molar-refractivity contribution is 14.0. The van der Waals surface area contributed by atoms with Crippen LogP contribution in [-0.4, -0.2) is 51.2 Å². The number of nitrogens with zero attached hydrogens (tertiary/aromatic N) is 2. The smallest absolute Gasteiger partial charge is 0.191 e. The second kappa shape index (κ2) is 11.5. The molecule has 0 aliphatic heterocycles. The van der Waals surface area contributed by atoms with Gasteiger partial charge >= 0.3 is 0 Å². The first-order valence-corrected chi connectivity index (χ1v) is 8.51. The molecule has 1 aliphatic rings. The van der Waals surface area contributed by atoms with Gasteiger partial charge in [0.25, 0.3) is 0 Å². The molecule has 0 bridgehead atoms. The van der Waals surface area contributed by atoms with E-state index in [4.69, 9.17) is 4.74 Å². The fourth-order valence-electron chi connectivity index (χ4n) is 2.74. The lowest BCUT2D eigenvalue weighted by Gasteiger charge is -2.17. The minimum atomic E-state index is 0. The first kappa shape index (κ1) is 21.0. The Bertz CT molecular complexity index is 502. The molecule has 0 spiro atoms. The summed E-state index contributed by atoms with van der Waals surface area (Å²) in [4.78, 5) is 6.43. The van der Waals surface area contributed by atoms with Crippen LogP contribution in [0.15, 0.2) is 29.3 Å². The van der Waals surface area contributed by atoms with Crippen molar-refractivity contribution in [1.29, 1.82) is 0 Å². The van der Waals surface area contributed by atoms with Crippen molar-refractivity contribution in [2.75, 3.05) is 34.3 Å². The van der Waals surface area contributed by atoms with Crippen molar-refractivity contribution >= 4 is 29.9 Å². The number of halogens is 1. The zero-order valence-corrected chi connectivity index (χ0v) is 17.4. The summed E-state index contributed by atoms with van der Waals surface area (Å²) in [5.74, 6) is 1.81. The van der Waals surface area contributed by atoms with Gasteiger partial charge in [-0.25, -0.2) is 0 Å². The van der Waals surface area contributed by atoms with Crippen molar-refractivity contribution in [2.24, 2.45) is 4.99 Å². The molecular formula is C18H31IN4O. The summed E-state index contributed by atoms with van der Waals surface area (Å²) in [5.41, 5.74) is 1.20. The van der Waals surface area contributed by atoms with Crippen LogP contribution >= 0.6 is 24.0 Å². The number of ether oxygens (including phenoxy) is 1. The van der Waals surface area contributed by atoms with Crippen molar-refractivity contribution in [3.8, 4) is 5.75 Å². The molecule has 0 amide bonds. The van der Waals surface area contributed by atoms with Crippen LogP contribution in [-0.2, 0) is 6.54 Å². The first-order chi connectivity index (χ1) is 11.2. The average Bonchev–Trinajstić information content (AvgIpc) is 3.04. The largest absolute Gasteiger partial charge is 0.492 e. The number of hydrogen-bond donors (Lipinski definition) is 2. The average molecular weight is 446 g/mol. The van der Waals surface area contributed by atoms with E-state index >= 15 is 0 Å². The number of nitrogens with one attached hydrogen (secondary N) is 2. The molecule has 0 atom stereocenters. The van der Waals surface area contributed by atoms with Crippen LogP contribution in [0.4, 0.5) is 0 Å². The molecule has 0 aromatic heterocycles. The number of benzene rings is 1. The Hall–Kier alpha value is -1.02. The quantitative estimate of drug-likeness (QED) is 0.384. The van der Waals surface area contributed by atoms with Gasteiger partial charge in [0.05, 0.1) is 0 Å². The van der Waals surface area contributed by atoms with E-state index in [1.807, 2.05) is 33.3 Å². The lowest BCUT2D eigenvalue weighted by Crippen LogP contribution is -2.41. The third-order valence-electron chi connectivity index (χ3n) is 4.09. The van der Waals surface area contributed by atoms with Crippen LogP contribution in [0.1, 0.15) is 31.2 Å². The van der Waals surface area contributed by atoms with E-state index in [0.717, 1.165) is 24.8 Å². The molecule has 136 valence electrons. The van der Waals surface area contributed by atoms with Gasteiger partial charge in [-0.2, -0.15) is 0 Å². The number of aliphatic imine (C=N–C) groups is 1. The SMILES string of the molecule is CN=C(NCc1cccc(OCCN(C)C)c1)NC1CCCC1.I. The van der Waals surface area contributed by atoms with Crippen LogP contribution in [0, 0.1) is 0 Å². The monoisotopic (exact) mass is 446 g/mol. The Morgan fingerprint density at radius 2 is 2.04 bits per heavy atom. The highest BCUT2D eigenvalue weighted by Crippen LogP contribution is 2.17. The summed E-state index contributed by atoms with van der Waals surface area (Å²) >= 11 is 0. The highest BCUT2D eigenvalue weighted by Gasteiger charge is 2.15. The molecule has 2 N–H and O–H groups in total. The topological polar surface area (TPSA) is 48.9 Å². The van der Waals surface area contributed by atoms with Crippen molar-refractivity contribution in [1.82, 2.24) is 15.5 Å². The van der Waals surface area contributed by atoms with Crippen molar-refractivity contribution in [3.05, 3.63) is 29.8 Å². The van der Waals surface area contributed by atoms with Crippen molar-refractivity contribution in [3.63, 3.8) is 0 Å². The van der Waals surface area contributed by atoms with Crippen LogP contribution in [0.3, 0.4) is 0 Å². The standard InChI is InChI=1S/C18H30N4O.HI/c1-19-18(21-16-8-4-5-9-16)20-14-15-7-6-10-17(13-15)23-12-11-22(2)3;/h6-7,10,13,16H,4-5,8-9,11-12,14H2,1-3H3,(H2,19,20,21);1H. The zero-order chi connectivity index (χ0) is 16.5. The molecule has 6 heteroatoms. The van der Waals surface area contributed by atoms with Gasteiger partial charge in [-0.1, -0.05) is 25.0 Å². The Kier molecular flexibility index (Phi) is 10.1. The molecule has 0 heterocycles. The maximum absolute atomic E-state index is 5.78. The zero-order valence-electron chi connectivity index (χ0n) is 15.0. The van der Waals surface area contributed by atoms with E-state index in [-0.39, 0.29) is 24.0 Å². The Morgan fingerprint density at radius 3 is 2.71 bits per heavy atom. The van der Waals surface area contributed by atoms with E-state index in [2.05, 4.69) is 32.7 Å². The maximum atomic E-state index is 5.78. The van der Waals surface area contributed by atoms with E-state index in [0.29, 0.717) is 12.6 Å². The minimum Gasteiger partial charge on any atom is -0.492 e. The number of likely N-dealkylation sites (N-methyl/N-ethyl adjacent to an activating group) is 1. The Balaban J connectivity index is 0.00000288. The Labute approximate surface area is 163 Å². The van der Waals surface area contributed by atoms with Gasteiger partial charge in [-0.05, 0) is 44.6 Å². The lowest BCUT2D eigenvalue weighted by atomic mass is 10.2. The Morgan fingerprint density at radius 1 is 1.29 bits per heavy atom. The molecule has 24 heavy (non-hydrogen) atoms. The van der Waals surface area contributed by atoms with Crippen LogP contribution in [0.2, 0.25) is 0 Å². The number of hydrogen-bond acceptors (Lipinski definition) is 3. The maximum Gasteiger partial charge on any atom is 0.191 e. The van der Waals surface area contributed by atoms with Crippen LogP contribution in [0.5, 0.6) is 5.75 Å². The van der Waals surface area contributed by atoms with E-state index < -0.39 is 0 Å². The molecule has 5 nitrogen and oxygen atoms in total. The third-order valence-corrected chi connectivity index (χ3v) is 4.09. The van der Waals surface area contributed by atoms with E-state index in [1.165, 1.54) is 31.2 Å². The van der Waals surface area contributed by atoms with Gasteiger partial charge in [-0.3, -0.25) is 4.99 Å². The lowest BCUT2D eigenvalue weighted by molar-refractivity contribution is 0.261. The second-order valence-corrected chi connectivity index (χ2v) is 6.35. The highest BCUT2D eigenvalue weighted by atomic mass is 127. The van der Waals surface area contributed by atoms with Crippen LogP contribution in [0.25, 0.3) is 0 Å². The first-order valence-electron chi connectivity index (χ1n) is 8.51. The van der Waals surface area contributed by atoms with Crippen molar-refractivity contribution in [2.45, 2.75) is 38.3 Å². The summed E-state index contributed by atoms with van der Waals surface area (Å²) in [6.07, 6.45) is 5.13. The minimum absolute atomic E-state index is 0. The number of guanidine groups is 1. The summed E-state index contributed by atoms with van der Waals surface area (Å²) in [6, 6.07) is 8.81. The number of rotatable bonds is 7. The molecule has 1 aromatic carbocycles. The molecule has 0 radical (unpaired) electrons. The molecule has 1 fully saturated rings. The fraction of sp³-hybridized carbons (Fsp3) is 0.611. The van der Waals surface area contributed by atoms with Gasteiger partial charge < -0.3 is 20.3 Å². The predicted octanol–water partition coefficient (Wildman–Crippen LogP) is 2.85. The molecule has 1 saturated carbocycles. The predicted molar refractivity (Wildman–Crippen MR) is 111 cm³/mol. The van der Waals surface area contributed by atoms with Gasteiger partial charge in [-0.15, -0.1) is 24.0 Å². The van der Waals surface area contributed by atoms with Gasteiger partial charge in [0.15, 0.2) is 5.96 Å². The summed E-state index contributed by atoms with van der Waals surface area (Å²) < 4.78 is 5.78. The molecule has 1 aromatic rings. The fourth-order valence-corrected chi connectivity index (χ4v) is 2.74. The van der Waals surface area contributed by atoms with Crippen LogP contribution < -0.4 is 15.4 Å². The third kappa shape index (κ3) is 7.70. The van der Waals surface area contributed by atoms with E-state index in [1.54, 1.807) is 0 Å².